The topological polar surface area (TPSA) is 58.9 Å². The molecule has 0 radical (unpaired) electrons. The lowest BCUT2D eigenvalue weighted by Crippen LogP contribution is -2.10. The number of H-pyrrole nitrogens is 1. The third-order valence-corrected chi connectivity index (χ3v) is 3.35. The molecule has 3 aromatic rings. The van der Waals surface area contributed by atoms with E-state index in [4.69, 9.17) is 5.73 Å². The smallest absolute Gasteiger partial charge is 0.265 e. The monoisotopic (exact) mass is 286 g/mol. The van der Waals surface area contributed by atoms with Gasteiger partial charge in [0.1, 0.15) is 17.3 Å². The number of halogens is 2. The zero-order valence-corrected chi connectivity index (χ0v) is 11.0. The van der Waals surface area contributed by atoms with Crippen molar-refractivity contribution in [1.29, 1.82) is 0 Å². The minimum absolute atomic E-state index is 0.232. The van der Waals surface area contributed by atoms with Crippen molar-refractivity contribution in [3.8, 4) is 0 Å². The molecule has 0 spiro atoms. The molecule has 0 fully saturated rings. The van der Waals surface area contributed by atoms with Crippen LogP contribution in [0.25, 0.3) is 10.9 Å². The summed E-state index contributed by atoms with van der Waals surface area (Å²) in [6.45, 7) is 0. The third kappa shape index (κ3) is 2.63. The number of nitrogens with one attached hydrogen (secondary N) is 1. The molecular formula is C16H12F2N2O. The van der Waals surface area contributed by atoms with Crippen LogP contribution >= 0.6 is 0 Å². The molecule has 0 atom stereocenters. The molecule has 0 unspecified atom stereocenters. The van der Waals surface area contributed by atoms with Gasteiger partial charge in [-0.2, -0.15) is 0 Å². The molecule has 21 heavy (non-hydrogen) atoms. The summed E-state index contributed by atoms with van der Waals surface area (Å²) in [4.78, 5) is 14.1. The van der Waals surface area contributed by atoms with E-state index in [2.05, 4.69) is 4.98 Å². The maximum absolute atomic E-state index is 13.7. The average molecular weight is 286 g/mol. The lowest BCUT2D eigenvalue weighted by Gasteiger charge is -2.05. The molecule has 0 saturated heterocycles. The van der Waals surface area contributed by atoms with Crippen molar-refractivity contribution in [3.63, 3.8) is 0 Å². The van der Waals surface area contributed by atoms with Crippen molar-refractivity contribution >= 4 is 16.8 Å². The summed E-state index contributed by atoms with van der Waals surface area (Å²) in [5.41, 5.74) is 7.65. The Bertz CT molecular complexity index is 822. The van der Waals surface area contributed by atoms with Crippen LogP contribution in [-0.4, -0.2) is 10.9 Å². The summed E-state index contributed by atoms with van der Waals surface area (Å²) in [7, 11) is 0. The van der Waals surface area contributed by atoms with Crippen LogP contribution in [0.2, 0.25) is 0 Å². The highest BCUT2D eigenvalue weighted by molar-refractivity contribution is 5.97. The number of primary amides is 1. The van der Waals surface area contributed by atoms with E-state index in [0.717, 1.165) is 5.56 Å². The van der Waals surface area contributed by atoms with Crippen LogP contribution in [0.15, 0.2) is 42.5 Å². The van der Waals surface area contributed by atoms with Crippen molar-refractivity contribution in [2.24, 2.45) is 5.73 Å². The van der Waals surface area contributed by atoms with Gasteiger partial charge in [0.2, 0.25) is 0 Å². The number of hydrogen-bond acceptors (Lipinski definition) is 1. The maximum Gasteiger partial charge on any atom is 0.265 e. The third-order valence-electron chi connectivity index (χ3n) is 3.35. The summed E-state index contributed by atoms with van der Waals surface area (Å²) in [5.74, 6) is -1.31. The highest BCUT2D eigenvalue weighted by atomic mass is 19.1. The van der Waals surface area contributed by atoms with Crippen molar-refractivity contribution in [3.05, 3.63) is 70.9 Å². The molecule has 1 amide bonds. The molecule has 3 rings (SSSR count). The van der Waals surface area contributed by atoms with Crippen LogP contribution in [0.5, 0.6) is 0 Å². The zero-order valence-electron chi connectivity index (χ0n) is 11.0. The van der Waals surface area contributed by atoms with Gasteiger partial charge in [0.05, 0.1) is 0 Å². The predicted molar refractivity (Wildman–Crippen MR) is 76.0 cm³/mol. The van der Waals surface area contributed by atoms with Gasteiger partial charge in [-0.15, -0.1) is 0 Å². The number of rotatable bonds is 3. The highest BCUT2D eigenvalue weighted by Crippen LogP contribution is 2.24. The maximum atomic E-state index is 13.7. The number of hydrogen-bond donors (Lipinski definition) is 2. The first-order chi connectivity index (χ1) is 10.0. The van der Waals surface area contributed by atoms with Gasteiger partial charge in [-0.1, -0.05) is 12.1 Å². The van der Waals surface area contributed by atoms with Crippen molar-refractivity contribution < 1.29 is 13.6 Å². The van der Waals surface area contributed by atoms with E-state index in [9.17, 15) is 13.6 Å². The van der Waals surface area contributed by atoms with E-state index < -0.39 is 11.7 Å². The van der Waals surface area contributed by atoms with E-state index in [1.165, 1.54) is 30.3 Å². The number of carbonyl (C=O) groups excluding carboxylic acids is 1. The number of fused-ring (bicyclic) bond motifs is 1. The normalized spacial score (nSPS) is 11.0. The summed E-state index contributed by atoms with van der Waals surface area (Å²) >= 11 is 0. The lowest BCUT2D eigenvalue weighted by molar-refractivity contribution is 0.0996. The van der Waals surface area contributed by atoms with Gasteiger partial charge in [-0.05, 0) is 47.9 Å². The van der Waals surface area contributed by atoms with Crippen molar-refractivity contribution in [1.82, 2.24) is 4.98 Å². The molecule has 0 aliphatic carbocycles. The van der Waals surface area contributed by atoms with Crippen LogP contribution in [-0.2, 0) is 6.42 Å². The minimum Gasteiger partial charge on any atom is -0.364 e. The van der Waals surface area contributed by atoms with Crippen molar-refractivity contribution in [2.75, 3.05) is 0 Å². The molecule has 106 valence electrons. The fourth-order valence-electron chi connectivity index (χ4n) is 2.37. The Morgan fingerprint density at radius 1 is 1.05 bits per heavy atom. The predicted octanol–water partition coefficient (Wildman–Crippen LogP) is 3.14. The first-order valence-corrected chi connectivity index (χ1v) is 6.38. The highest BCUT2D eigenvalue weighted by Gasteiger charge is 2.11. The number of carbonyl (C=O) groups is 1. The van der Waals surface area contributed by atoms with Gasteiger partial charge in [0, 0.05) is 10.9 Å². The Morgan fingerprint density at radius 3 is 2.43 bits per heavy atom. The Kier molecular flexibility index (Phi) is 3.17. The summed E-state index contributed by atoms with van der Waals surface area (Å²) in [5, 5.41) is 0.584. The Hall–Kier alpha value is -2.69. The quantitative estimate of drug-likeness (QED) is 0.763. The molecule has 5 heteroatoms. The minimum atomic E-state index is -0.598. The Labute approximate surface area is 119 Å². The number of benzene rings is 2. The number of aromatic nitrogens is 1. The van der Waals surface area contributed by atoms with Crippen LogP contribution in [0.4, 0.5) is 8.78 Å². The fraction of sp³-hybridized carbons (Fsp3) is 0.0625. The first-order valence-electron chi connectivity index (χ1n) is 6.38. The Morgan fingerprint density at radius 2 is 1.76 bits per heavy atom. The van der Waals surface area contributed by atoms with Crippen LogP contribution in [0, 0.1) is 11.6 Å². The first kappa shape index (κ1) is 13.3. The van der Waals surface area contributed by atoms with Crippen LogP contribution in [0.1, 0.15) is 21.6 Å². The largest absolute Gasteiger partial charge is 0.364 e. The van der Waals surface area contributed by atoms with Gasteiger partial charge in [-0.25, -0.2) is 8.78 Å². The zero-order chi connectivity index (χ0) is 15.0. The number of aromatic amines is 1. The van der Waals surface area contributed by atoms with Crippen LogP contribution in [0.3, 0.4) is 0 Å². The van der Waals surface area contributed by atoms with E-state index in [-0.39, 0.29) is 11.5 Å². The molecule has 0 aliphatic rings. The molecule has 0 saturated carbocycles. The van der Waals surface area contributed by atoms with E-state index in [1.807, 2.05) is 0 Å². The number of nitrogens with two attached hydrogens (primary N) is 1. The van der Waals surface area contributed by atoms with Crippen LogP contribution < -0.4 is 5.73 Å². The number of amides is 1. The molecule has 3 N–H and O–H groups in total. The summed E-state index contributed by atoms with van der Waals surface area (Å²) in [6.07, 6.45) is 0.424. The summed E-state index contributed by atoms with van der Waals surface area (Å²) < 4.78 is 26.6. The molecule has 3 nitrogen and oxygen atoms in total. The van der Waals surface area contributed by atoms with Gasteiger partial charge < -0.3 is 10.7 Å². The molecule has 0 aliphatic heterocycles. The molecule has 1 aromatic heterocycles. The average Bonchev–Trinajstić information content (AvgIpc) is 2.85. The lowest BCUT2D eigenvalue weighted by atomic mass is 10.0. The standard InChI is InChI=1S/C16H12F2N2O/c17-12-3-1-9(2-4-12)5-10-6-13(18)7-11-8-14(16(19)21)20-15(10)11/h1-4,6-8,20H,5H2,(H2,19,21). The fourth-order valence-corrected chi connectivity index (χ4v) is 2.37. The SMILES string of the molecule is NC(=O)c1cc2cc(F)cc(Cc3ccc(F)cc3)c2[nH]1. The Balaban J connectivity index is 2.08. The van der Waals surface area contributed by atoms with E-state index >= 15 is 0 Å². The van der Waals surface area contributed by atoms with Gasteiger partial charge >= 0.3 is 0 Å². The second-order valence-electron chi connectivity index (χ2n) is 4.88. The molecule has 2 aromatic carbocycles. The van der Waals surface area contributed by atoms with Gasteiger partial charge in [-0.3, -0.25) is 4.79 Å². The summed E-state index contributed by atoms with van der Waals surface area (Å²) in [6, 6.07) is 10.3. The van der Waals surface area contributed by atoms with Gasteiger partial charge in [0.25, 0.3) is 5.91 Å². The second kappa shape index (κ2) is 5.01. The van der Waals surface area contributed by atoms with Crippen molar-refractivity contribution in [2.45, 2.75) is 6.42 Å². The second-order valence-corrected chi connectivity index (χ2v) is 4.88. The molecule has 1 heterocycles. The van der Waals surface area contributed by atoms with Gasteiger partial charge in [0.15, 0.2) is 0 Å². The molecular weight excluding hydrogens is 274 g/mol. The van der Waals surface area contributed by atoms with E-state index in [0.29, 0.717) is 22.9 Å². The molecule has 0 bridgehead atoms. The van der Waals surface area contributed by atoms with E-state index in [1.54, 1.807) is 12.1 Å².